The van der Waals surface area contributed by atoms with Crippen LogP contribution in [-0.2, 0) is 33.3 Å². The van der Waals surface area contributed by atoms with Crippen molar-refractivity contribution >= 4 is 49.2 Å². The molecule has 3 fully saturated rings. The fourth-order valence-electron chi connectivity index (χ4n) is 10.4. The van der Waals surface area contributed by atoms with Crippen LogP contribution in [0.1, 0.15) is 81.8 Å². The van der Waals surface area contributed by atoms with E-state index in [-0.39, 0.29) is 40.7 Å². The van der Waals surface area contributed by atoms with E-state index in [9.17, 15) is 83.9 Å². The molecule has 3 heterocycles. The second-order valence-corrected chi connectivity index (χ2v) is 22.9. The summed E-state index contributed by atoms with van der Waals surface area (Å²) in [6.07, 6.45) is -14.3. The first-order valence-corrected chi connectivity index (χ1v) is 29.5. The van der Waals surface area contributed by atoms with Gasteiger partial charge < -0.3 is 96.3 Å². The maximum Gasteiger partial charge on any atom is 1.00 e. The number of amides is 7. The van der Waals surface area contributed by atoms with Gasteiger partial charge in [-0.25, -0.2) is 0 Å². The Labute approximate surface area is 523 Å². The van der Waals surface area contributed by atoms with Gasteiger partial charge in [-0.1, -0.05) is 87.4 Å². The zero-order valence-corrected chi connectivity index (χ0v) is 51.3. The number of carbonyl (C=O) groups excluding carboxylic acids is 7. The number of carbonyl (C=O) groups is 7. The van der Waals surface area contributed by atoms with Gasteiger partial charge in [0, 0.05) is 37.4 Å². The van der Waals surface area contributed by atoms with Crippen LogP contribution >= 0.6 is 7.82 Å². The summed E-state index contributed by atoms with van der Waals surface area (Å²) < 4.78 is 21.6. The minimum absolute atomic E-state index is 0. The zero-order valence-electron chi connectivity index (χ0n) is 48.4. The molecule has 0 bridgehead atoms. The molecule has 0 radical (unpaired) electrons. The Balaban J connectivity index is 0.0000121. The van der Waals surface area contributed by atoms with Crippen LogP contribution in [0.25, 0.3) is 22.3 Å². The fraction of sp³-hybridized carbons (Fsp3) is 0.466. The Morgan fingerprint density at radius 3 is 1.71 bits per heavy atom. The molecule has 29 heteroatoms. The van der Waals surface area contributed by atoms with E-state index in [1.54, 1.807) is 12.1 Å². The van der Waals surface area contributed by atoms with Gasteiger partial charge in [0.1, 0.15) is 66.1 Å². The molecular weight excluding hydrogens is 1170 g/mol. The third-order valence-corrected chi connectivity index (χ3v) is 15.7. The van der Waals surface area contributed by atoms with Gasteiger partial charge in [-0.3, -0.25) is 38.1 Å². The van der Waals surface area contributed by atoms with Crippen molar-refractivity contribution < 1.29 is 128 Å². The van der Waals surface area contributed by atoms with Crippen LogP contribution in [0.5, 0.6) is 11.5 Å². The van der Waals surface area contributed by atoms with Crippen molar-refractivity contribution in [1.82, 2.24) is 36.4 Å². The van der Waals surface area contributed by atoms with Crippen LogP contribution in [0, 0.1) is 5.92 Å². The van der Waals surface area contributed by atoms with E-state index >= 15 is 0 Å². The van der Waals surface area contributed by atoms with Gasteiger partial charge in [0.25, 0.3) is 5.91 Å². The number of hydrogen-bond acceptors (Lipinski definition) is 19. The van der Waals surface area contributed by atoms with Crippen LogP contribution in [0.3, 0.4) is 0 Å². The largest absolute Gasteiger partial charge is 1.00 e. The maximum atomic E-state index is 14.5. The van der Waals surface area contributed by atoms with Gasteiger partial charge in [-0.05, 0) is 84.5 Å². The number of aliphatic hydroxyl groups excluding tert-OH is 8. The van der Waals surface area contributed by atoms with Crippen molar-refractivity contribution in [3.05, 3.63) is 108 Å². The number of aliphatic hydroxyl groups is 8. The number of rotatable bonds is 16. The third kappa shape index (κ3) is 17.7. The van der Waals surface area contributed by atoms with Crippen molar-refractivity contribution in [1.29, 1.82) is 0 Å². The van der Waals surface area contributed by atoms with Gasteiger partial charge in [-0.2, -0.15) is 0 Å². The molecule has 0 spiro atoms. The molecule has 3 aliphatic rings. The van der Waals surface area contributed by atoms with E-state index in [0.29, 0.717) is 12.2 Å². The summed E-state index contributed by atoms with van der Waals surface area (Å²) in [5.74, 6) is -9.30. The van der Waals surface area contributed by atoms with E-state index < -0.39 is 172 Å². The summed E-state index contributed by atoms with van der Waals surface area (Å²) in [5, 5.41) is 102. The van der Waals surface area contributed by atoms with Gasteiger partial charge in [0.2, 0.25) is 35.4 Å². The molecule has 3 saturated heterocycles. The molecule has 87 heavy (non-hydrogen) atoms. The molecule has 4 aromatic rings. The number of nitrogens with zero attached hydrogens (tertiary/aromatic N) is 2. The molecule has 16 atom stereocenters. The first-order valence-electron chi connectivity index (χ1n) is 28.0. The van der Waals surface area contributed by atoms with Crippen LogP contribution in [-0.4, -0.2) is 196 Å². The fourth-order valence-corrected chi connectivity index (χ4v) is 10.8. The quantitative estimate of drug-likeness (QED) is 0.0284. The van der Waals surface area contributed by atoms with Crippen molar-refractivity contribution in [2.75, 3.05) is 19.7 Å². The number of hydrogen-bond donors (Lipinski definition) is 14. The van der Waals surface area contributed by atoms with E-state index in [1.807, 2.05) is 48.5 Å². The Morgan fingerprint density at radius 1 is 0.667 bits per heavy atom. The van der Waals surface area contributed by atoms with Crippen LogP contribution in [0.4, 0.5) is 0 Å². The summed E-state index contributed by atoms with van der Waals surface area (Å²) in [6, 6.07) is 13.4. The predicted octanol–water partition coefficient (Wildman–Crippen LogP) is -4.79. The molecular formula is C58H73N7NaO20P. The van der Waals surface area contributed by atoms with Gasteiger partial charge >= 0.3 is 37.4 Å². The number of ether oxygens (including phenoxy) is 1. The number of phosphoric acid groups is 1. The topological polar surface area (TPSA) is 427 Å². The molecule has 27 nitrogen and oxygen atoms in total. The Morgan fingerprint density at radius 2 is 1.17 bits per heavy atom. The second kappa shape index (κ2) is 30.7. The minimum atomic E-state index is -5.31. The van der Waals surface area contributed by atoms with E-state index in [0.717, 1.165) is 89.6 Å². The van der Waals surface area contributed by atoms with Crippen LogP contribution in [0.2, 0.25) is 0 Å². The summed E-state index contributed by atoms with van der Waals surface area (Å²) in [4.78, 5) is 122. The Kier molecular flexibility index (Phi) is 24.6. The number of unbranched alkanes of at least 4 members (excludes halogenated alkanes) is 2. The summed E-state index contributed by atoms with van der Waals surface area (Å²) in [5.41, 5.74) is 3.11. The van der Waals surface area contributed by atoms with E-state index in [4.69, 9.17) is 9.63 Å². The van der Waals surface area contributed by atoms with Crippen molar-refractivity contribution in [2.24, 2.45) is 5.92 Å². The molecule has 466 valence electrons. The van der Waals surface area contributed by atoms with Crippen LogP contribution in [0.15, 0.2) is 97.1 Å². The van der Waals surface area contributed by atoms with Crippen molar-refractivity contribution in [3.63, 3.8) is 0 Å². The molecule has 4 aromatic carbocycles. The van der Waals surface area contributed by atoms with Gasteiger partial charge in [0.15, 0.2) is 6.23 Å². The van der Waals surface area contributed by atoms with E-state index in [1.165, 1.54) is 19.1 Å². The Hall–Kier alpha value is -6.40. The summed E-state index contributed by atoms with van der Waals surface area (Å²) >= 11 is 0. The summed E-state index contributed by atoms with van der Waals surface area (Å²) in [7, 11) is -5.31. The SMILES string of the molecule is CCCCCOc1ccc(-c2ccc(-c3ccc(C(=O)N[C@H]4C[C@@H](O)[C@@H](O)NC(=O)[C@@H]5[C@@H](O)[C@H](C)CN5C(=O)[C@H]([C@@H](C)O)NC(=O)[C@H]([C@H](O)[C@@H](O)c5ccc(OP(=O)([O-])O)cc5)NC(=O)[C@@H]5C[C@@H](O)CN5C(=O)[C@H]([C@@H](C)O)NC4=O)cc3)cc2)cc1.[Na+]. The predicted molar refractivity (Wildman–Crippen MR) is 302 cm³/mol. The van der Waals surface area contributed by atoms with Crippen molar-refractivity contribution in [2.45, 2.75) is 145 Å². The average Bonchev–Trinajstić information content (AvgIpc) is 2.40. The minimum Gasteiger partial charge on any atom is -0.746 e. The molecule has 1 unspecified atom stereocenters. The van der Waals surface area contributed by atoms with Crippen molar-refractivity contribution in [3.8, 4) is 33.8 Å². The third-order valence-electron chi connectivity index (χ3n) is 15.2. The molecule has 14 N–H and O–H groups in total. The zero-order chi connectivity index (χ0) is 62.9. The summed E-state index contributed by atoms with van der Waals surface area (Å²) in [6.45, 7) is 5.26. The molecule has 0 aliphatic carbocycles. The molecule has 0 saturated carbocycles. The number of phosphoric ester groups is 1. The first kappa shape index (κ1) is 69.7. The van der Waals surface area contributed by atoms with Gasteiger partial charge in [0.05, 0.1) is 31.0 Å². The average molecular weight is 1240 g/mol. The monoisotopic (exact) mass is 1240 g/mol. The Bertz CT molecular complexity index is 3090. The van der Waals surface area contributed by atoms with Crippen LogP contribution < -0.4 is 70.3 Å². The smallest absolute Gasteiger partial charge is 0.746 e. The van der Waals surface area contributed by atoms with E-state index in [2.05, 4.69) is 38.0 Å². The second-order valence-electron chi connectivity index (χ2n) is 21.8. The standard InChI is InChI=1S/C58H74N7O20P.Na/c1-5-6-7-24-84-39-20-16-35(17-21-39)33-10-8-32(9-11-33)34-12-14-37(15-13-34)51(73)59-41-26-43(69)54(76)63-56(78)47-48(70)29(2)27-65(47)58(80)45(31(4)67)61-55(77)46(50(72)49(71)36-18-22-40(23-19-36)85-86(81,82)83)62-53(75)42-25-38(68)28-64(42)57(79)44(30(3)66)60-52(41)74;/h8-23,29-31,38,41-50,54,66-72,76H,5-7,24-28H2,1-4H3,(H,59,73)(H,60,74)(H,61,77)(H,62,75)(H,63,78)(H2,81,82,83);/q;+1/p-1/t29-,30-,31-,38-,41+,42+,43-,44+,45+,46+,47+,48+,49+,50+,54-;/m1./s1. The number of fused-ring (bicyclic) bond motifs is 2. The molecule has 7 amide bonds. The molecule has 7 rings (SSSR count). The molecule has 3 aliphatic heterocycles. The normalized spacial score (nSPS) is 27.2. The number of nitrogens with one attached hydrogen (secondary N) is 5. The molecule has 0 aromatic heterocycles. The maximum absolute atomic E-state index is 14.5. The number of benzene rings is 4. The van der Waals surface area contributed by atoms with Gasteiger partial charge in [-0.15, -0.1) is 0 Å². The first-order chi connectivity index (χ1) is 40.6.